The standard InChI is InChI=1S/C21H30N4O2S/c1-4-13-22-19(26)14-28-21-24-23-20(16-9-11-17(27-3)12-10-16)25(21)18-8-6-5-7-15(18)2/h9-12,15,18H,4-8,13-14H2,1-3H3,(H,22,26)/t15-,18-/m0/s1. The normalized spacial score (nSPS) is 19.4. The summed E-state index contributed by atoms with van der Waals surface area (Å²) in [5.74, 6) is 2.67. The fourth-order valence-corrected chi connectivity index (χ4v) is 4.56. The monoisotopic (exact) mass is 402 g/mol. The Morgan fingerprint density at radius 2 is 2.00 bits per heavy atom. The summed E-state index contributed by atoms with van der Waals surface area (Å²) in [7, 11) is 1.67. The fourth-order valence-electron chi connectivity index (χ4n) is 3.74. The van der Waals surface area contributed by atoms with Crippen LogP contribution >= 0.6 is 11.8 Å². The first-order chi connectivity index (χ1) is 13.6. The molecule has 0 saturated heterocycles. The number of amides is 1. The molecule has 1 amide bonds. The summed E-state index contributed by atoms with van der Waals surface area (Å²) in [5, 5.41) is 12.7. The van der Waals surface area contributed by atoms with E-state index >= 15 is 0 Å². The fraction of sp³-hybridized carbons (Fsp3) is 0.571. The second kappa shape index (κ2) is 9.96. The molecular weight excluding hydrogens is 372 g/mol. The highest BCUT2D eigenvalue weighted by molar-refractivity contribution is 7.99. The average Bonchev–Trinajstić information content (AvgIpc) is 3.14. The Morgan fingerprint density at radius 3 is 2.68 bits per heavy atom. The maximum absolute atomic E-state index is 12.1. The molecule has 1 N–H and O–H groups in total. The van der Waals surface area contributed by atoms with Crippen LogP contribution in [-0.4, -0.2) is 40.1 Å². The van der Waals surface area contributed by atoms with E-state index in [-0.39, 0.29) is 5.91 Å². The Hall–Kier alpha value is -2.02. The van der Waals surface area contributed by atoms with Crippen LogP contribution in [-0.2, 0) is 4.79 Å². The molecule has 28 heavy (non-hydrogen) atoms. The van der Waals surface area contributed by atoms with E-state index in [9.17, 15) is 4.79 Å². The number of thioether (sulfide) groups is 1. The third-order valence-electron chi connectivity index (χ3n) is 5.32. The van der Waals surface area contributed by atoms with Gasteiger partial charge in [-0.2, -0.15) is 0 Å². The number of hydrogen-bond donors (Lipinski definition) is 1. The molecule has 1 heterocycles. The van der Waals surface area contributed by atoms with Gasteiger partial charge in [0.25, 0.3) is 0 Å². The second-order valence-corrected chi connectivity index (χ2v) is 8.31. The van der Waals surface area contributed by atoms with Gasteiger partial charge in [0.2, 0.25) is 5.91 Å². The smallest absolute Gasteiger partial charge is 0.230 e. The number of aromatic nitrogens is 3. The van der Waals surface area contributed by atoms with Gasteiger partial charge in [0.05, 0.1) is 12.9 Å². The largest absolute Gasteiger partial charge is 0.497 e. The van der Waals surface area contributed by atoms with E-state index in [2.05, 4.69) is 33.9 Å². The maximum atomic E-state index is 12.1. The molecule has 0 radical (unpaired) electrons. The minimum Gasteiger partial charge on any atom is -0.497 e. The summed E-state index contributed by atoms with van der Waals surface area (Å²) >= 11 is 1.48. The van der Waals surface area contributed by atoms with Crippen molar-refractivity contribution in [1.29, 1.82) is 0 Å². The topological polar surface area (TPSA) is 69.0 Å². The van der Waals surface area contributed by atoms with Gasteiger partial charge in [-0.3, -0.25) is 9.36 Å². The van der Waals surface area contributed by atoms with Crippen LogP contribution < -0.4 is 10.1 Å². The summed E-state index contributed by atoms with van der Waals surface area (Å²) in [4.78, 5) is 12.1. The highest BCUT2D eigenvalue weighted by Crippen LogP contribution is 2.39. The minimum absolute atomic E-state index is 0.0455. The van der Waals surface area contributed by atoms with Crippen LogP contribution in [0.2, 0.25) is 0 Å². The van der Waals surface area contributed by atoms with Gasteiger partial charge in [0, 0.05) is 18.2 Å². The number of nitrogens with zero attached hydrogens (tertiary/aromatic N) is 3. The lowest BCUT2D eigenvalue weighted by molar-refractivity contribution is -0.118. The average molecular weight is 403 g/mol. The zero-order valence-corrected chi connectivity index (χ0v) is 17.8. The van der Waals surface area contributed by atoms with Crippen LogP contribution in [0, 0.1) is 5.92 Å². The number of rotatable bonds is 8. The molecule has 7 heteroatoms. The predicted molar refractivity (Wildman–Crippen MR) is 113 cm³/mol. The summed E-state index contributed by atoms with van der Waals surface area (Å²) in [6.45, 7) is 5.07. The maximum Gasteiger partial charge on any atom is 0.230 e. The van der Waals surface area contributed by atoms with Gasteiger partial charge >= 0.3 is 0 Å². The van der Waals surface area contributed by atoms with E-state index in [1.165, 1.54) is 31.0 Å². The first kappa shape index (κ1) is 20.7. The van der Waals surface area contributed by atoms with Crippen molar-refractivity contribution in [2.24, 2.45) is 5.92 Å². The van der Waals surface area contributed by atoms with E-state index in [1.54, 1.807) is 7.11 Å². The van der Waals surface area contributed by atoms with E-state index in [4.69, 9.17) is 4.74 Å². The summed E-state index contributed by atoms with van der Waals surface area (Å²) in [5.41, 5.74) is 1.02. The summed E-state index contributed by atoms with van der Waals surface area (Å²) < 4.78 is 7.55. The molecule has 0 bridgehead atoms. The van der Waals surface area contributed by atoms with Gasteiger partial charge in [0.15, 0.2) is 11.0 Å². The van der Waals surface area contributed by atoms with Gasteiger partial charge in [0.1, 0.15) is 5.75 Å². The summed E-state index contributed by atoms with van der Waals surface area (Å²) in [6, 6.07) is 8.31. The van der Waals surface area contributed by atoms with Crippen LogP contribution in [0.25, 0.3) is 11.4 Å². The highest BCUT2D eigenvalue weighted by Gasteiger charge is 2.28. The Kier molecular flexibility index (Phi) is 7.36. The molecule has 6 nitrogen and oxygen atoms in total. The number of carbonyl (C=O) groups excluding carboxylic acids is 1. The molecular formula is C21H30N4O2S. The summed E-state index contributed by atoms with van der Waals surface area (Å²) in [6.07, 6.45) is 5.77. The molecule has 0 unspecified atom stereocenters. The Balaban J connectivity index is 1.88. The lowest BCUT2D eigenvalue weighted by Crippen LogP contribution is -2.26. The quantitative estimate of drug-likeness (QED) is 0.666. The molecule has 0 spiro atoms. The van der Waals surface area contributed by atoms with Crippen LogP contribution in [0.5, 0.6) is 5.75 Å². The number of ether oxygens (including phenoxy) is 1. The Morgan fingerprint density at radius 1 is 1.25 bits per heavy atom. The third-order valence-corrected chi connectivity index (χ3v) is 6.26. The van der Waals surface area contributed by atoms with Crippen molar-refractivity contribution in [2.45, 2.75) is 57.1 Å². The van der Waals surface area contributed by atoms with Crippen LogP contribution in [0.15, 0.2) is 29.4 Å². The lowest BCUT2D eigenvalue weighted by atomic mass is 9.85. The number of methoxy groups -OCH3 is 1. The van der Waals surface area contributed by atoms with Crippen molar-refractivity contribution in [3.05, 3.63) is 24.3 Å². The van der Waals surface area contributed by atoms with E-state index < -0.39 is 0 Å². The molecule has 1 saturated carbocycles. The van der Waals surface area contributed by atoms with Gasteiger partial charge in [-0.25, -0.2) is 0 Å². The molecule has 1 fully saturated rings. The Bertz CT molecular complexity index is 775. The molecule has 1 aliphatic rings. The highest BCUT2D eigenvalue weighted by atomic mass is 32.2. The first-order valence-electron chi connectivity index (χ1n) is 10.1. The van der Waals surface area contributed by atoms with Crippen molar-refractivity contribution in [1.82, 2.24) is 20.1 Å². The van der Waals surface area contributed by atoms with Crippen molar-refractivity contribution < 1.29 is 9.53 Å². The van der Waals surface area contributed by atoms with Crippen molar-refractivity contribution >= 4 is 17.7 Å². The minimum atomic E-state index is 0.0455. The Labute approximate surface area is 171 Å². The van der Waals surface area contributed by atoms with Crippen LogP contribution in [0.3, 0.4) is 0 Å². The molecule has 2 aromatic rings. The second-order valence-electron chi connectivity index (χ2n) is 7.37. The van der Waals surface area contributed by atoms with Crippen molar-refractivity contribution in [3.63, 3.8) is 0 Å². The third kappa shape index (κ3) is 4.87. The number of hydrogen-bond acceptors (Lipinski definition) is 5. The van der Waals surface area contributed by atoms with Crippen LogP contribution in [0.1, 0.15) is 52.0 Å². The van der Waals surface area contributed by atoms with E-state index in [1.807, 2.05) is 24.3 Å². The van der Waals surface area contributed by atoms with Gasteiger partial charge in [-0.1, -0.05) is 38.5 Å². The van der Waals surface area contributed by atoms with E-state index in [0.29, 0.717) is 24.3 Å². The molecule has 1 aromatic heterocycles. The van der Waals surface area contributed by atoms with Gasteiger partial charge in [-0.05, 0) is 49.4 Å². The molecule has 3 rings (SSSR count). The number of benzene rings is 1. The molecule has 1 aromatic carbocycles. The van der Waals surface area contributed by atoms with Crippen LogP contribution in [0.4, 0.5) is 0 Å². The zero-order valence-electron chi connectivity index (χ0n) is 17.0. The molecule has 2 atom stereocenters. The first-order valence-corrected chi connectivity index (χ1v) is 11.1. The number of carbonyl (C=O) groups is 1. The lowest BCUT2D eigenvalue weighted by Gasteiger charge is -2.31. The van der Waals surface area contributed by atoms with Gasteiger partial charge < -0.3 is 10.1 Å². The van der Waals surface area contributed by atoms with Crippen molar-refractivity contribution in [3.8, 4) is 17.1 Å². The molecule has 0 aliphatic heterocycles. The van der Waals surface area contributed by atoms with Crippen molar-refractivity contribution in [2.75, 3.05) is 19.4 Å². The molecule has 152 valence electrons. The van der Waals surface area contributed by atoms with Gasteiger partial charge in [-0.15, -0.1) is 10.2 Å². The zero-order chi connectivity index (χ0) is 19.9. The number of nitrogens with one attached hydrogen (secondary N) is 1. The van der Waals surface area contributed by atoms with E-state index in [0.717, 1.165) is 35.1 Å². The SMILES string of the molecule is CCCNC(=O)CSc1nnc(-c2ccc(OC)cc2)n1[C@H]1CCCC[C@@H]1C. The molecule has 1 aliphatic carbocycles. The predicted octanol–water partition coefficient (Wildman–Crippen LogP) is 4.32.